The predicted octanol–water partition coefficient (Wildman–Crippen LogP) is 18.6. The summed E-state index contributed by atoms with van der Waals surface area (Å²) in [5, 5.41) is 4.97. The van der Waals surface area contributed by atoms with Gasteiger partial charge in [0.25, 0.3) is 0 Å². The van der Waals surface area contributed by atoms with Crippen LogP contribution < -0.4 is 4.90 Å². The van der Waals surface area contributed by atoms with Crippen LogP contribution in [0.5, 0.6) is 0 Å². The highest BCUT2D eigenvalue weighted by molar-refractivity contribution is 6.07. The molecule has 0 aliphatic heterocycles. The fourth-order valence-corrected chi connectivity index (χ4v) is 12.0. The van der Waals surface area contributed by atoms with E-state index in [0.29, 0.717) is 5.92 Å². The average Bonchev–Trinajstić information content (AvgIpc) is 3.91. The van der Waals surface area contributed by atoms with E-state index in [-0.39, 0.29) is 5.41 Å². The standard InChI is InChI=1S/C66H51NO/c1-66(49-22-6-3-7-23-49)59-30-12-8-25-53(59)54-40-36-48(43-60(54)66)51-24-9-13-31-61(51)67(50-38-34-44(35-39-50)47-37-41-64-58(42-47)56-27-11-15-33-63(56)68-64)62-32-14-10-26-55(62)57-29-17-21-46-20-16-28-52(65(46)57)45-18-4-2-5-19-45/h3,6-17,20-43,45H,2,4-5,18-19H2,1H3. The van der Waals surface area contributed by atoms with Crippen molar-refractivity contribution in [2.75, 3.05) is 4.90 Å². The summed E-state index contributed by atoms with van der Waals surface area (Å²) in [6, 6.07) is 83.3. The summed E-state index contributed by atoms with van der Waals surface area (Å²) in [5.41, 5.74) is 20.2. The van der Waals surface area contributed by atoms with Gasteiger partial charge in [-0.2, -0.15) is 0 Å². The number of anilines is 3. The van der Waals surface area contributed by atoms with E-state index in [4.69, 9.17) is 4.42 Å². The fraction of sp³-hybridized carbons (Fsp3) is 0.121. The van der Waals surface area contributed by atoms with E-state index in [1.165, 1.54) is 98.5 Å². The van der Waals surface area contributed by atoms with Gasteiger partial charge in [0.2, 0.25) is 0 Å². The Labute approximate surface area is 398 Å². The second-order valence-electron chi connectivity index (χ2n) is 19.1. The smallest absolute Gasteiger partial charge is 0.135 e. The van der Waals surface area contributed by atoms with Crippen LogP contribution in [0.2, 0.25) is 0 Å². The third kappa shape index (κ3) is 6.54. The zero-order valence-electron chi connectivity index (χ0n) is 38.3. The zero-order chi connectivity index (χ0) is 45.2. The van der Waals surface area contributed by atoms with Crippen molar-refractivity contribution in [3.63, 3.8) is 0 Å². The van der Waals surface area contributed by atoms with Crippen molar-refractivity contribution in [1.29, 1.82) is 0 Å². The van der Waals surface area contributed by atoms with Gasteiger partial charge in [-0.25, -0.2) is 0 Å². The van der Waals surface area contributed by atoms with Crippen molar-refractivity contribution in [3.05, 3.63) is 247 Å². The highest BCUT2D eigenvalue weighted by Crippen LogP contribution is 2.54. The van der Waals surface area contributed by atoms with E-state index in [0.717, 1.165) is 50.1 Å². The molecular weight excluding hydrogens is 823 g/mol. The number of hydrogen-bond acceptors (Lipinski definition) is 2. The van der Waals surface area contributed by atoms with Gasteiger partial charge in [-0.3, -0.25) is 0 Å². The molecule has 1 fully saturated rings. The molecule has 1 aromatic heterocycles. The van der Waals surface area contributed by atoms with Crippen LogP contribution in [0.3, 0.4) is 0 Å². The van der Waals surface area contributed by atoms with E-state index in [9.17, 15) is 0 Å². The molecule has 2 heteroatoms. The highest BCUT2D eigenvalue weighted by atomic mass is 16.3. The third-order valence-electron chi connectivity index (χ3n) is 15.4. The Morgan fingerprint density at radius 2 is 1.04 bits per heavy atom. The molecule has 1 saturated carbocycles. The van der Waals surface area contributed by atoms with Crippen molar-refractivity contribution >= 4 is 49.8 Å². The van der Waals surface area contributed by atoms with Crippen LogP contribution in [-0.2, 0) is 5.41 Å². The molecule has 0 N–H and O–H groups in total. The Hall–Kier alpha value is -7.94. The van der Waals surface area contributed by atoms with Crippen LogP contribution in [0.25, 0.3) is 77.2 Å². The number of rotatable bonds is 8. The van der Waals surface area contributed by atoms with Crippen LogP contribution in [-0.4, -0.2) is 0 Å². The van der Waals surface area contributed by atoms with E-state index in [1.54, 1.807) is 0 Å². The normalized spacial score (nSPS) is 15.7. The summed E-state index contributed by atoms with van der Waals surface area (Å²) in [6.45, 7) is 2.41. The maximum Gasteiger partial charge on any atom is 0.135 e. The Bertz CT molecular complexity index is 3680. The van der Waals surface area contributed by atoms with Gasteiger partial charge in [0, 0.05) is 33.0 Å². The summed E-state index contributed by atoms with van der Waals surface area (Å²) in [5.74, 6) is 0.567. The molecule has 2 nitrogen and oxygen atoms in total. The highest BCUT2D eigenvalue weighted by Gasteiger charge is 2.41. The van der Waals surface area contributed by atoms with Gasteiger partial charge in [0.15, 0.2) is 0 Å². The lowest BCUT2D eigenvalue weighted by molar-refractivity contribution is 0.445. The Balaban J connectivity index is 1.00. The molecule has 2 aliphatic carbocycles. The lowest BCUT2D eigenvalue weighted by Crippen LogP contribution is -2.22. The molecule has 11 aromatic rings. The summed E-state index contributed by atoms with van der Waals surface area (Å²) < 4.78 is 6.22. The molecule has 1 unspecified atom stereocenters. The van der Waals surface area contributed by atoms with Gasteiger partial charge >= 0.3 is 0 Å². The van der Waals surface area contributed by atoms with Crippen LogP contribution in [0.4, 0.5) is 17.1 Å². The number of benzene rings is 10. The Morgan fingerprint density at radius 3 is 1.87 bits per heavy atom. The van der Waals surface area contributed by atoms with Gasteiger partial charge in [-0.15, -0.1) is 0 Å². The zero-order valence-corrected chi connectivity index (χ0v) is 38.3. The Morgan fingerprint density at radius 1 is 0.426 bits per heavy atom. The second kappa shape index (κ2) is 16.4. The van der Waals surface area contributed by atoms with E-state index in [2.05, 4.69) is 224 Å². The minimum absolute atomic E-state index is 0.309. The third-order valence-corrected chi connectivity index (χ3v) is 15.4. The molecular formula is C66H51NO. The minimum atomic E-state index is -0.309. The van der Waals surface area contributed by atoms with Gasteiger partial charge in [-0.1, -0.05) is 195 Å². The summed E-state index contributed by atoms with van der Waals surface area (Å²) in [4.78, 5) is 2.52. The van der Waals surface area contributed by atoms with E-state index in [1.807, 2.05) is 12.1 Å². The van der Waals surface area contributed by atoms with E-state index >= 15 is 0 Å². The van der Waals surface area contributed by atoms with Gasteiger partial charge in [0.05, 0.1) is 11.4 Å². The van der Waals surface area contributed by atoms with Crippen LogP contribution in [0.15, 0.2) is 229 Å². The quantitative estimate of drug-likeness (QED) is 0.151. The minimum Gasteiger partial charge on any atom is -0.456 e. The van der Waals surface area contributed by atoms with Crippen molar-refractivity contribution in [3.8, 4) is 44.5 Å². The van der Waals surface area contributed by atoms with Crippen molar-refractivity contribution in [2.45, 2.75) is 50.4 Å². The van der Waals surface area contributed by atoms with Crippen LogP contribution in [0.1, 0.15) is 67.2 Å². The van der Waals surface area contributed by atoms with Crippen molar-refractivity contribution in [2.24, 2.45) is 0 Å². The molecule has 68 heavy (non-hydrogen) atoms. The lowest BCUT2D eigenvalue weighted by atomic mass is 9.74. The molecule has 0 radical (unpaired) electrons. The largest absolute Gasteiger partial charge is 0.456 e. The topological polar surface area (TPSA) is 16.4 Å². The number of para-hydroxylation sites is 3. The number of furan rings is 1. The lowest BCUT2D eigenvalue weighted by Gasteiger charge is -2.31. The monoisotopic (exact) mass is 873 g/mol. The SMILES string of the molecule is CC1(c2ccccc2)c2ccccc2-c2ccc(-c3ccccc3N(c3ccc(-c4ccc5oc6ccccc6c5c4)cc3)c3ccccc3-c3cccc4cccc(C5CCCCC5)c34)cc21. The first-order valence-electron chi connectivity index (χ1n) is 24.4. The van der Waals surface area contributed by atoms with E-state index < -0.39 is 0 Å². The molecule has 1 atom stereocenters. The fourth-order valence-electron chi connectivity index (χ4n) is 12.0. The molecule has 10 aromatic carbocycles. The van der Waals surface area contributed by atoms with Crippen LogP contribution >= 0.6 is 0 Å². The van der Waals surface area contributed by atoms with Gasteiger partial charge < -0.3 is 9.32 Å². The molecule has 0 spiro atoms. The molecule has 0 bridgehead atoms. The second-order valence-corrected chi connectivity index (χ2v) is 19.1. The molecule has 13 rings (SSSR count). The first-order valence-corrected chi connectivity index (χ1v) is 24.4. The number of fused-ring (bicyclic) bond motifs is 7. The maximum absolute atomic E-state index is 6.22. The molecule has 1 heterocycles. The van der Waals surface area contributed by atoms with Gasteiger partial charge in [-0.05, 0) is 141 Å². The molecule has 326 valence electrons. The molecule has 0 amide bonds. The maximum atomic E-state index is 6.22. The van der Waals surface area contributed by atoms with Crippen LogP contribution in [0, 0.1) is 0 Å². The van der Waals surface area contributed by atoms with Crippen molar-refractivity contribution < 1.29 is 4.42 Å². The predicted molar refractivity (Wildman–Crippen MR) is 285 cm³/mol. The first-order chi connectivity index (χ1) is 33.6. The summed E-state index contributed by atoms with van der Waals surface area (Å²) >= 11 is 0. The van der Waals surface area contributed by atoms with Crippen molar-refractivity contribution in [1.82, 2.24) is 0 Å². The Kier molecular flexibility index (Phi) is 9.75. The summed E-state index contributed by atoms with van der Waals surface area (Å²) in [6.07, 6.45) is 6.43. The molecule has 2 aliphatic rings. The molecule has 0 saturated heterocycles. The first kappa shape index (κ1) is 40.3. The number of nitrogens with zero attached hydrogens (tertiary/aromatic N) is 1. The number of hydrogen-bond donors (Lipinski definition) is 0. The average molecular weight is 874 g/mol. The van der Waals surface area contributed by atoms with Gasteiger partial charge in [0.1, 0.15) is 11.2 Å². The summed E-state index contributed by atoms with van der Waals surface area (Å²) in [7, 11) is 0.